The highest BCUT2D eigenvalue weighted by Crippen LogP contribution is 2.29. The molecule has 0 N–H and O–H groups in total. The van der Waals surface area contributed by atoms with Crippen molar-refractivity contribution < 1.29 is 22.6 Å². The summed E-state index contributed by atoms with van der Waals surface area (Å²) < 4.78 is 58.4. The highest BCUT2D eigenvalue weighted by atomic mass is 35.5. The third kappa shape index (κ3) is 5.42. The van der Waals surface area contributed by atoms with Gasteiger partial charge in [-0.05, 0) is 54.8 Å². The molecular formula is C31H25ClF3N3O2. The lowest BCUT2D eigenvalue weighted by Gasteiger charge is -2.15. The molecule has 1 aliphatic heterocycles. The monoisotopic (exact) mass is 563 g/mol. The Balaban J connectivity index is 1.25. The summed E-state index contributed by atoms with van der Waals surface area (Å²) in [6.45, 7) is 1.24. The number of fused-ring (bicyclic) bond motifs is 1. The second-order valence-corrected chi connectivity index (χ2v) is 10.2. The van der Waals surface area contributed by atoms with Crippen molar-refractivity contribution in [2.75, 3.05) is 6.61 Å². The molecule has 1 saturated heterocycles. The molecule has 1 fully saturated rings. The largest absolute Gasteiger partial charge is 0.473 e. The number of hydrogen-bond donors (Lipinski definition) is 0. The number of pyridine rings is 1. The van der Waals surface area contributed by atoms with Crippen molar-refractivity contribution in [1.29, 1.82) is 0 Å². The van der Waals surface area contributed by atoms with Gasteiger partial charge in [-0.1, -0.05) is 41.9 Å². The average Bonchev–Trinajstić information content (AvgIpc) is 3.59. The van der Waals surface area contributed by atoms with Crippen LogP contribution >= 0.6 is 11.6 Å². The third-order valence-corrected chi connectivity index (χ3v) is 7.28. The summed E-state index contributed by atoms with van der Waals surface area (Å²) in [6, 6.07) is 19.8. The molecule has 0 spiro atoms. The van der Waals surface area contributed by atoms with Crippen LogP contribution < -0.4 is 4.74 Å². The van der Waals surface area contributed by atoms with Crippen molar-refractivity contribution in [1.82, 2.24) is 14.5 Å². The standard InChI is InChI=1S/C31H25ClF3N3O2/c32-21-12-10-20(24(33)16-21)18-40-29-9-3-7-25(37-29)23-13-11-19(30(34)31(23)35)15-28-36-26-6-1-2-8-27(26)38(28)17-22-5-4-14-39-22/h1-3,6-13,16,22H,4-5,14-15,17-18H2. The van der Waals surface area contributed by atoms with Crippen LogP contribution in [-0.2, 0) is 24.3 Å². The molecule has 1 unspecified atom stereocenters. The summed E-state index contributed by atoms with van der Waals surface area (Å²) >= 11 is 5.80. The van der Waals surface area contributed by atoms with Crippen molar-refractivity contribution >= 4 is 22.6 Å². The molecular weight excluding hydrogens is 539 g/mol. The minimum absolute atomic E-state index is 0.00256. The Kier molecular flexibility index (Phi) is 7.45. The zero-order valence-electron chi connectivity index (χ0n) is 21.4. The smallest absolute Gasteiger partial charge is 0.214 e. The zero-order chi connectivity index (χ0) is 27.6. The SMILES string of the molecule is Fc1cc(Cl)ccc1COc1cccc(-c2ccc(Cc3nc4ccccc4n3CC3CCCO3)c(F)c2F)n1. The van der Waals surface area contributed by atoms with Crippen LogP contribution in [0.2, 0.25) is 5.02 Å². The number of aromatic nitrogens is 3. The molecule has 1 atom stereocenters. The second-order valence-electron chi connectivity index (χ2n) is 9.72. The van der Waals surface area contributed by atoms with E-state index in [0.29, 0.717) is 17.9 Å². The van der Waals surface area contributed by atoms with Gasteiger partial charge in [0.2, 0.25) is 5.88 Å². The van der Waals surface area contributed by atoms with E-state index in [1.165, 1.54) is 18.2 Å². The molecule has 0 bridgehead atoms. The van der Waals surface area contributed by atoms with E-state index in [1.54, 1.807) is 30.3 Å². The molecule has 40 heavy (non-hydrogen) atoms. The Hall–Kier alpha value is -3.88. The van der Waals surface area contributed by atoms with E-state index in [1.807, 2.05) is 28.8 Å². The quantitative estimate of drug-likeness (QED) is 0.196. The van der Waals surface area contributed by atoms with E-state index < -0.39 is 17.5 Å². The fourth-order valence-electron chi connectivity index (χ4n) is 4.99. The van der Waals surface area contributed by atoms with Crippen LogP contribution in [0.1, 0.15) is 29.8 Å². The molecule has 204 valence electrons. The number of imidazole rings is 1. The third-order valence-electron chi connectivity index (χ3n) is 7.04. The van der Waals surface area contributed by atoms with Crippen LogP contribution in [-0.4, -0.2) is 27.2 Å². The van der Waals surface area contributed by atoms with Crippen LogP contribution in [0.3, 0.4) is 0 Å². The molecule has 0 amide bonds. The van der Waals surface area contributed by atoms with Crippen LogP contribution in [0.5, 0.6) is 5.88 Å². The van der Waals surface area contributed by atoms with Crippen LogP contribution in [0, 0.1) is 17.5 Å². The second kappa shape index (κ2) is 11.3. The molecule has 0 radical (unpaired) electrons. The molecule has 1 aliphatic rings. The fourth-order valence-corrected chi connectivity index (χ4v) is 5.14. The number of rotatable bonds is 8. The van der Waals surface area contributed by atoms with Crippen molar-refractivity contribution in [3.05, 3.63) is 112 Å². The van der Waals surface area contributed by atoms with Gasteiger partial charge >= 0.3 is 0 Å². The summed E-state index contributed by atoms with van der Waals surface area (Å²) in [5.74, 6) is -1.67. The van der Waals surface area contributed by atoms with E-state index in [2.05, 4.69) is 4.98 Å². The van der Waals surface area contributed by atoms with Crippen molar-refractivity contribution in [2.24, 2.45) is 0 Å². The minimum atomic E-state index is -1.01. The molecule has 5 nitrogen and oxygen atoms in total. The molecule has 2 aromatic heterocycles. The Labute approximate surface area is 234 Å². The highest BCUT2D eigenvalue weighted by Gasteiger charge is 2.22. The van der Waals surface area contributed by atoms with Gasteiger partial charge in [0, 0.05) is 35.2 Å². The molecule has 0 saturated carbocycles. The molecule has 3 heterocycles. The summed E-state index contributed by atoms with van der Waals surface area (Å²) in [5, 5.41) is 0.280. The van der Waals surface area contributed by atoms with Gasteiger partial charge in [0.05, 0.1) is 29.4 Å². The summed E-state index contributed by atoms with van der Waals surface area (Å²) in [4.78, 5) is 9.04. The van der Waals surface area contributed by atoms with Gasteiger partial charge in [-0.3, -0.25) is 0 Å². The van der Waals surface area contributed by atoms with E-state index in [-0.39, 0.29) is 46.9 Å². The number of nitrogens with zero attached hydrogens (tertiary/aromatic N) is 3. The molecule has 0 aliphatic carbocycles. The summed E-state index contributed by atoms with van der Waals surface area (Å²) in [6.07, 6.45) is 2.14. The zero-order valence-corrected chi connectivity index (χ0v) is 22.2. The topological polar surface area (TPSA) is 49.2 Å². The average molecular weight is 564 g/mol. The molecule has 5 aromatic rings. The Bertz CT molecular complexity index is 1680. The number of para-hydroxylation sites is 2. The van der Waals surface area contributed by atoms with Gasteiger partial charge in [-0.15, -0.1) is 0 Å². The van der Waals surface area contributed by atoms with Crippen LogP contribution in [0.15, 0.2) is 72.8 Å². The van der Waals surface area contributed by atoms with Gasteiger partial charge < -0.3 is 14.0 Å². The predicted octanol–water partition coefficient (Wildman–Crippen LogP) is 7.52. The maximum absolute atomic E-state index is 15.4. The van der Waals surface area contributed by atoms with Crippen molar-refractivity contribution in [3.63, 3.8) is 0 Å². The van der Waals surface area contributed by atoms with Crippen molar-refractivity contribution in [3.8, 4) is 17.1 Å². The van der Waals surface area contributed by atoms with Gasteiger partial charge in [0.15, 0.2) is 11.6 Å². The lowest BCUT2D eigenvalue weighted by Crippen LogP contribution is -2.17. The van der Waals surface area contributed by atoms with Crippen LogP contribution in [0.25, 0.3) is 22.3 Å². The summed E-state index contributed by atoms with van der Waals surface area (Å²) in [5.41, 5.74) is 2.41. The number of benzene rings is 3. The first-order valence-electron chi connectivity index (χ1n) is 13.0. The van der Waals surface area contributed by atoms with Crippen LogP contribution in [0.4, 0.5) is 13.2 Å². The first-order valence-corrected chi connectivity index (χ1v) is 13.4. The minimum Gasteiger partial charge on any atom is -0.473 e. The molecule has 9 heteroatoms. The fraction of sp³-hybridized carbons (Fsp3) is 0.226. The van der Waals surface area contributed by atoms with E-state index >= 15 is 8.78 Å². The Morgan fingerprint density at radius 3 is 2.60 bits per heavy atom. The normalized spacial score (nSPS) is 15.2. The van der Waals surface area contributed by atoms with Gasteiger partial charge in [0.1, 0.15) is 18.2 Å². The molecule has 3 aromatic carbocycles. The van der Waals surface area contributed by atoms with Gasteiger partial charge in [-0.2, -0.15) is 0 Å². The van der Waals surface area contributed by atoms with E-state index in [0.717, 1.165) is 30.5 Å². The number of halogens is 4. The molecule has 6 rings (SSSR count). The lowest BCUT2D eigenvalue weighted by atomic mass is 10.0. The lowest BCUT2D eigenvalue weighted by molar-refractivity contribution is 0.0973. The van der Waals surface area contributed by atoms with Crippen molar-refractivity contribution in [2.45, 2.75) is 38.5 Å². The first kappa shape index (κ1) is 26.3. The Morgan fingerprint density at radius 2 is 1.77 bits per heavy atom. The van der Waals surface area contributed by atoms with Gasteiger partial charge in [0.25, 0.3) is 0 Å². The first-order chi connectivity index (χ1) is 19.5. The number of ether oxygens (including phenoxy) is 2. The maximum Gasteiger partial charge on any atom is 0.214 e. The Morgan fingerprint density at radius 1 is 0.925 bits per heavy atom. The number of hydrogen-bond acceptors (Lipinski definition) is 4. The van der Waals surface area contributed by atoms with E-state index in [4.69, 9.17) is 26.1 Å². The summed E-state index contributed by atoms with van der Waals surface area (Å²) in [7, 11) is 0. The van der Waals surface area contributed by atoms with Gasteiger partial charge in [-0.25, -0.2) is 23.1 Å². The predicted molar refractivity (Wildman–Crippen MR) is 147 cm³/mol. The maximum atomic E-state index is 15.4. The highest BCUT2D eigenvalue weighted by molar-refractivity contribution is 6.30. The van der Waals surface area contributed by atoms with E-state index in [9.17, 15) is 4.39 Å².